The molecule has 27 heavy (non-hydrogen) atoms. The fourth-order valence-corrected chi connectivity index (χ4v) is 4.01. The Labute approximate surface area is 157 Å². The van der Waals surface area contributed by atoms with Gasteiger partial charge in [0, 0.05) is 24.7 Å². The lowest BCUT2D eigenvalue weighted by Gasteiger charge is -2.03. The van der Waals surface area contributed by atoms with E-state index in [4.69, 9.17) is 9.47 Å². The van der Waals surface area contributed by atoms with Crippen LogP contribution in [0.25, 0.3) is 10.2 Å². The van der Waals surface area contributed by atoms with Gasteiger partial charge in [0.15, 0.2) is 16.3 Å². The summed E-state index contributed by atoms with van der Waals surface area (Å²) in [5.74, 6) is 0.671. The Balaban J connectivity index is 1.87. The largest absolute Gasteiger partial charge is 0.454 e. The molecule has 8 nitrogen and oxygen atoms in total. The summed E-state index contributed by atoms with van der Waals surface area (Å²) in [4.78, 5) is 27.9. The van der Waals surface area contributed by atoms with Crippen LogP contribution in [0.4, 0.5) is 5.69 Å². The fourth-order valence-electron chi connectivity index (χ4n) is 2.95. The van der Waals surface area contributed by atoms with E-state index in [-0.39, 0.29) is 18.0 Å². The van der Waals surface area contributed by atoms with Gasteiger partial charge in [0.25, 0.3) is 11.6 Å². The smallest absolute Gasteiger partial charge is 0.286 e. The lowest BCUT2D eigenvalue weighted by molar-refractivity contribution is -0.385. The minimum absolute atomic E-state index is 0.0304. The Morgan fingerprint density at radius 3 is 2.78 bits per heavy atom. The van der Waals surface area contributed by atoms with Gasteiger partial charge in [-0.15, -0.1) is 0 Å². The second kappa shape index (κ2) is 6.84. The summed E-state index contributed by atoms with van der Waals surface area (Å²) in [6.45, 7) is 2.87. The van der Waals surface area contributed by atoms with Crippen molar-refractivity contribution in [3.63, 3.8) is 0 Å². The van der Waals surface area contributed by atoms with E-state index in [1.165, 1.54) is 29.5 Å². The lowest BCUT2D eigenvalue weighted by atomic mass is 10.2. The van der Waals surface area contributed by atoms with Crippen LogP contribution >= 0.6 is 11.3 Å². The van der Waals surface area contributed by atoms with E-state index < -0.39 is 10.8 Å². The van der Waals surface area contributed by atoms with E-state index in [1.807, 2.05) is 23.6 Å². The normalized spacial score (nSPS) is 13.3. The van der Waals surface area contributed by atoms with Gasteiger partial charge in [0.05, 0.1) is 15.1 Å². The summed E-state index contributed by atoms with van der Waals surface area (Å²) in [5, 5.41) is 11.2. The van der Waals surface area contributed by atoms with Crippen molar-refractivity contribution in [1.82, 2.24) is 4.57 Å². The number of carbonyl (C=O) groups is 1. The molecule has 138 valence electrons. The number of benzene rings is 2. The van der Waals surface area contributed by atoms with Gasteiger partial charge in [-0.2, -0.15) is 4.99 Å². The van der Waals surface area contributed by atoms with Gasteiger partial charge in [-0.1, -0.05) is 30.4 Å². The van der Waals surface area contributed by atoms with Crippen molar-refractivity contribution in [2.24, 2.45) is 4.99 Å². The lowest BCUT2D eigenvalue weighted by Crippen LogP contribution is -2.17. The van der Waals surface area contributed by atoms with E-state index in [9.17, 15) is 14.9 Å². The van der Waals surface area contributed by atoms with Crippen LogP contribution in [-0.4, -0.2) is 22.2 Å². The highest BCUT2D eigenvalue weighted by atomic mass is 32.1. The summed E-state index contributed by atoms with van der Waals surface area (Å²) in [7, 11) is 0. The molecule has 1 aromatic heterocycles. The van der Waals surface area contributed by atoms with Crippen molar-refractivity contribution >= 4 is 33.1 Å². The number of nitro benzene ring substituents is 1. The second-order valence-electron chi connectivity index (χ2n) is 5.90. The number of rotatable bonds is 4. The van der Waals surface area contributed by atoms with E-state index in [1.54, 1.807) is 6.07 Å². The van der Waals surface area contributed by atoms with Gasteiger partial charge >= 0.3 is 0 Å². The van der Waals surface area contributed by atoms with Gasteiger partial charge < -0.3 is 14.0 Å². The number of fused-ring (bicyclic) bond motifs is 2. The number of ether oxygens (including phenoxy) is 2. The van der Waals surface area contributed by atoms with Gasteiger partial charge in [-0.25, -0.2) is 0 Å². The third-order valence-corrected chi connectivity index (χ3v) is 5.19. The van der Waals surface area contributed by atoms with Crippen molar-refractivity contribution in [3.8, 4) is 11.5 Å². The summed E-state index contributed by atoms with van der Waals surface area (Å²) in [6.07, 6.45) is 0.840. The molecule has 1 aliphatic heterocycles. The van der Waals surface area contributed by atoms with Crippen LogP contribution < -0.4 is 14.3 Å². The number of carbonyl (C=O) groups excluding carboxylic acids is 1. The summed E-state index contributed by atoms with van der Waals surface area (Å²) >= 11 is 1.34. The number of amides is 1. The molecule has 0 bridgehead atoms. The van der Waals surface area contributed by atoms with E-state index in [0.29, 0.717) is 22.8 Å². The molecule has 1 aliphatic rings. The fraction of sp³-hybridized carbons (Fsp3) is 0.222. The van der Waals surface area contributed by atoms with Crippen molar-refractivity contribution in [2.75, 3.05) is 6.79 Å². The first-order chi connectivity index (χ1) is 13.1. The Hall–Kier alpha value is -3.20. The van der Waals surface area contributed by atoms with Gasteiger partial charge in [0.2, 0.25) is 6.79 Å². The van der Waals surface area contributed by atoms with E-state index in [0.717, 1.165) is 16.6 Å². The van der Waals surface area contributed by atoms with Crippen LogP contribution in [0.2, 0.25) is 0 Å². The molecule has 0 radical (unpaired) electrons. The van der Waals surface area contributed by atoms with Crippen molar-refractivity contribution < 1.29 is 19.2 Å². The average molecular weight is 385 g/mol. The third-order valence-electron chi connectivity index (χ3n) is 4.15. The summed E-state index contributed by atoms with van der Waals surface area (Å²) in [5.41, 5.74) is 0.604. The molecular weight excluding hydrogens is 370 g/mol. The number of hydrogen-bond donors (Lipinski definition) is 0. The zero-order valence-corrected chi connectivity index (χ0v) is 15.2. The van der Waals surface area contributed by atoms with Crippen LogP contribution in [0.1, 0.15) is 23.7 Å². The Bertz CT molecular complexity index is 1130. The van der Waals surface area contributed by atoms with Crippen LogP contribution in [0.3, 0.4) is 0 Å². The molecule has 2 aromatic carbocycles. The van der Waals surface area contributed by atoms with E-state index >= 15 is 0 Å². The zero-order chi connectivity index (χ0) is 19.0. The molecule has 0 aliphatic carbocycles. The summed E-state index contributed by atoms with van der Waals surface area (Å²) in [6, 6.07) is 9.55. The number of aryl methyl sites for hydroxylation is 1. The SMILES string of the molecule is CCCn1c(=NC(=O)c2ccccc2[N+](=O)[O-])sc2cc3c(cc21)OCO3. The number of para-hydroxylation sites is 1. The van der Waals surface area contributed by atoms with Gasteiger partial charge in [-0.05, 0) is 12.5 Å². The number of thiazole rings is 1. The first kappa shape index (κ1) is 17.2. The first-order valence-corrected chi connectivity index (χ1v) is 9.15. The molecule has 1 amide bonds. The highest BCUT2D eigenvalue weighted by Gasteiger charge is 2.21. The van der Waals surface area contributed by atoms with E-state index in [2.05, 4.69) is 4.99 Å². The maximum atomic E-state index is 12.6. The van der Waals surface area contributed by atoms with Crippen LogP contribution in [-0.2, 0) is 6.54 Å². The molecule has 0 fully saturated rings. The molecule has 0 unspecified atom stereocenters. The molecule has 4 rings (SSSR count). The highest BCUT2D eigenvalue weighted by Crippen LogP contribution is 2.37. The quantitative estimate of drug-likeness (QED) is 0.506. The predicted octanol–water partition coefficient (Wildman–Crippen LogP) is 3.49. The minimum Gasteiger partial charge on any atom is -0.454 e. The van der Waals surface area contributed by atoms with Crippen LogP contribution in [0.5, 0.6) is 11.5 Å². The molecule has 0 atom stereocenters. The Morgan fingerprint density at radius 2 is 2.04 bits per heavy atom. The molecule has 2 heterocycles. The molecule has 9 heteroatoms. The van der Waals surface area contributed by atoms with Crippen molar-refractivity contribution in [2.45, 2.75) is 19.9 Å². The van der Waals surface area contributed by atoms with Gasteiger partial charge in [-0.3, -0.25) is 14.9 Å². The molecule has 3 aromatic rings. The highest BCUT2D eigenvalue weighted by molar-refractivity contribution is 7.16. The van der Waals surface area contributed by atoms with Crippen molar-refractivity contribution in [1.29, 1.82) is 0 Å². The second-order valence-corrected chi connectivity index (χ2v) is 6.91. The number of nitrogens with zero attached hydrogens (tertiary/aromatic N) is 3. The maximum Gasteiger partial charge on any atom is 0.286 e. The standard InChI is InChI=1S/C18H15N3O5S/c1-2-7-20-13-8-14-15(26-10-25-14)9-16(13)27-18(20)19-17(22)11-5-3-4-6-12(11)21(23)24/h3-6,8-9H,2,7,10H2,1H3. The topological polar surface area (TPSA) is 96.0 Å². The first-order valence-electron chi connectivity index (χ1n) is 8.34. The molecule has 0 spiro atoms. The zero-order valence-electron chi connectivity index (χ0n) is 14.4. The summed E-state index contributed by atoms with van der Waals surface area (Å²) < 4.78 is 13.7. The van der Waals surface area contributed by atoms with Crippen LogP contribution in [0.15, 0.2) is 41.4 Å². The Morgan fingerprint density at radius 1 is 1.30 bits per heavy atom. The monoisotopic (exact) mass is 385 g/mol. The maximum absolute atomic E-state index is 12.6. The number of hydrogen-bond acceptors (Lipinski definition) is 6. The number of nitro groups is 1. The van der Waals surface area contributed by atoms with Gasteiger partial charge in [0.1, 0.15) is 5.56 Å². The molecule has 0 saturated heterocycles. The van der Waals surface area contributed by atoms with Crippen LogP contribution in [0, 0.1) is 10.1 Å². The average Bonchev–Trinajstić information content (AvgIpc) is 3.24. The van der Waals surface area contributed by atoms with Crippen molar-refractivity contribution in [3.05, 3.63) is 56.9 Å². The third kappa shape index (κ3) is 3.06. The molecule has 0 saturated carbocycles. The molecule has 0 N–H and O–H groups in total. The molecular formula is C18H15N3O5S. The number of aromatic nitrogens is 1. The predicted molar refractivity (Wildman–Crippen MR) is 99.2 cm³/mol. The minimum atomic E-state index is -0.640. The Kier molecular flexibility index (Phi) is 4.36.